The topological polar surface area (TPSA) is 84.2 Å². The highest BCUT2D eigenvalue weighted by molar-refractivity contribution is 5.96. The van der Waals surface area contributed by atoms with Crippen molar-refractivity contribution in [2.75, 3.05) is 10.6 Å². The summed E-state index contributed by atoms with van der Waals surface area (Å²) in [4.78, 5) is 23.9. The summed E-state index contributed by atoms with van der Waals surface area (Å²) in [6, 6.07) is 7.44. The minimum Gasteiger partial charge on any atom is -0.328 e. The summed E-state index contributed by atoms with van der Waals surface area (Å²) in [6.45, 7) is 0. The molecule has 1 aromatic rings. The first kappa shape index (κ1) is 16.8. The number of nitrogens with two attached hydrogens (primary N) is 1. The van der Waals surface area contributed by atoms with Crippen molar-refractivity contribution in [2.45, 2.75) is 38.1 Å². The Morgan fingerprint density at radius 2 is 1.50 bits per heavy atom. The lowest BCUT2D eigenvalue weighted by molar-refractivity contribution is -0.119. The molecule has 4 N–H and O–H groups in total. The second kappa shape index (κ2) is 7.11. The Bertz CT molecular complexity index is 560. The molecule has 2 aliphatic carbocycles. The second-order valence-electron chi connectivity index (χ2n) is 6.10. The fraction of sp³-hybridized carbons (Fsp3) is 0.500. The Morgan fingerprint density at radius 1 is 0.955 bits per heavy atom. The van der Waals surface area contributed by atoms with Crippen LogP contribution in [-0.4, -0.2) is 17.9 Å². The summed E-state index contributed by atoms with van der Waals surface area (Å²) in [5.74, 6) is 0.266. The van der Waals surface area contributed by atoms with E-state index >= 15 is 0 Å². The van der Waals surface area contributed by atoms with Crippen LogP contribution in [0.4, 0.5) is 11.4 Å². The van der Waals surface area contributed by atoms with Crippen molar-refractivity contribution in [1.82, 2.24) is 0 Å². The van der Waals surface area contributed by atoms with Gasteiger partial charge in [0.2, 0.25) is 11.8 Å². The van der Waals surface area contributed by atoms with E-state index in [2.05, 4.69) is 10.6 Å². The van der Waals surface area contributed by atoms with Crippen molar-refractivity contribution < 1.29 is 9.59 Å². The van der Waals surface area contributed by atoms with Crippen LogP contribution in [-0.2, 0) is 9.59 Å². The highest BCUT2D eigenvalue weighted by Crippen LogP contribution is 2.30. The summed E-state index contributed by atoms with van der Waals surface area (Å²) in [7, 11) is 0. The van der Waals surface area contributed by atoms with Gasteiger partial charge in [0.15, 0.2) is 0 Å². The third kappa shape index (κ3) is 4.21. The predicted molar refractivity (Wildman–Crippen MR) is 89.0 cm³/mol. The zero-order valence-corrected chi connectivity index (χ0v) is 13.2. The number of halogens is 1. The number of hydrogen-bond donors (Lipinski definition) is 3. The highest BCUT2D eigenvalue weighted by Gasteiger charge is 2.30. The highest BCUT2D eigenvalue weighted by atomic mass is 35.5. The molecule has 2 aliphatic rings. The van der Waals surface area contributed by atoms with E-state index in [-0.39, 0.29) is 42.1 Å². The summed E-state index contributed by atoms with van der Waals surface area (Å²) < 4.78 is 0. The predicted octanol–water partition coefficient (Wildman–Crippen LogP) is 2.52. The van der Waals surface area contributed by atoms with Crippen LogP contribution in [0, 0.1) is 11.8 Å². The van der Waals surface area contributed by atoms with Crippen molar-refractivity contribution in [3.8, 4) is 0 Å². The maximum atomic E-state index is 12.2. The molecule has 22 heavy (non-hydrogen) atoms. The van der Waals surface area contributed by atoms with E-state index in [0.29, 0.717) is 5.69 Å². The van der Waals surface area contributed by atoms with Gasteiger partial charge in [0.1, 0.15) is 0 Å². The lowest BCUT2D eigenvalue weighted by Crippen LogP contribution is -2.23. The van der Waals surface area contributed by atoms with E-state index < -0.39 is 0 Å². The minimum atomic E-state index is 0. The molecule has 0 bridgehead atoms. The van der Waals surface area contributed by atoms with E-state index in [1.807, 2.05) is 18.2 Å². The number of nitrogens with one attached hydrogen (secondary N) is 2. The fourth-order valence-electron chi connectivity index (χ4n) is 2.76. The largest absolute Gasteiger partial charge is 0.328 e. The molecule has 0 radical (unpaired) electrons. The van der Waals surface area contributed by atoms with Crippen molar-refractivity contribution >= 4 is 35.6 Å². The van der Waals surface area contributed by atoms with Crippen LogP contribution in [0.25, 0.3) is 0 Å². The lowest BCUT2D eigenvalue weighted by atomic mass is 10.1. The zero-order chi connectivity index (χ0) is 14.8. The Hall–Kier alpha value is -1.59. The number of amides is 2. The van der Waals surface area contributed by atoms with E-state index in [1.54, 1.807) is 6.07 Å². The van der Waals surface area contributed by atoms with Crippen LogP contribution >= 0.6 is 12.4 Å². The monoisotopic (exact) mass is 323 g/mol. The minimum absolute atomic E-state index is 0. The molecule has 0 saturated heterocycles. The Labute approximate surface area is 136 Å². The maximum Gasteiger partial charge on any atom is 0.227 e. The summed E-state index contributed by atoms with van der Waals surface area (Å²) in [5.41, 5.74) is 7.29. The molecule has 2 saturated carbocycles. The Balaban J connectivity index is 0.00000176. The summed E-state index contributed by atoms with van der Waals surface area (Å²) in [6.07, 6.45) is 4.47. The van der Waals surface area contributed by atoms with Gasteiger partial charge in [-0.25, -0.2) is 0 Å². The third-order valence-corrected chi connectivity index (χ3v) is 4.19. The van der Waals surface area contributed by atoms with Gasteiger partial charge >= 0.3 is 0 Å². The van der Waals surface area contributed by atoms with Crippen molar-refractivity contribution in [1.29, 1.82) is 0 Å². The lowest BCUT2D eigenvalue weighted by Gasteiger charge is -2.12. The molecule has 3 rings (SSSR count). The first-order chi connectivity index (χ1) is 10.1. The van der Waals surface area contributed by atoms with E-state index in [1.165, 1.54) is 0 Å². The molecule has 5 nitrogen and oxygen atoms in total. The molecule has 0 heterocycles. The van der Waals surface area contributed by atoms with Gasteiger partial charge in [0.25, 0.3) is 0 Å². The normalized spacial score (nSPS) is 23.5. The van der Waals surface area contributed by atoms with Crippen molar-refractivity contribution in [3.63, 3.8) is 0 Å². The molecule has 1 aromatic carbocycles. The van der Waals surface area contributed by atoms with Gasteiger partial charge in [-0.2, -0.15) is 0 Å². The van der Waals surface area contributed by atoms with Gasteiger partial charge in [0.05, 0.1) is 0 Å². The van der Waals surface area contributed by atoms with Crippen LogP contribution in [0.2, 0.25) is 0 Å². The smallest absolute Gasteiger partial charge is 0.227 e. The van der Waals surface area contributed by atoms with Crippen LogP contribution in [0.1, 0.15) is 32.1 Å². The molecule has 0 aliphatic heterocycles. The number of rotatable bonds is 4. The quantitative estimate of drug-likeness (QED) is 0.796. The number of anilines is 2. The van der Waals surface area contributed by atoms with Gasteiger partial charge in [-0.15, -0.1) is 12.4 Å². The van der Waals surface area contributed by atoms with E-state index in [4.69, 9.17) is 5.73 Å². The first-order valence-electron chi connectivity index (χ1n) is 7.59. The molecule has 2 fully saturated rings. The SMILES string of the molecule is Cl.NC1CCC(C(=O)Nc2cccc(NC(=O)C3CC3)c2)C1. The number of carbonyl (C=O) groups is 2. The van der Waals surface area contributed by atoms with Crippen LogP contribution in [0.5, 0.6) is 0 Å². The average molecular weight is 324 g/mol. The molecule has 2 unspecified atom stereocenters. The van der Waals surface area contributed by atoms with E-state index in [9.17, 15) is 9.59 Å². The third-order valence-electron chi connectivity index (χ3n) is 4.19. The molecule has 120 valence electrons. The van der Waals surface area contributed by atoms with Gasteiger partial charge < -0.3 is 16.4 Å². The average Bonchev–Trinajstić information content (AvgIpc) is 3.21. The number of hydrogen-bond acceptors (Lipinski definition) is 3. The molecule has 2 atom stereocenters. The first-order valence-corrected chi connectivity index (χ1v) is 7.59. The Kier molecular flexibility index (Phi) is 5.42. The van der Waals surface area contributed by atoms with Gasteiger partial charge in [-0.05, 0) is 50.3 Å². The van der Waals surface area contributed by atoms with Crippen molar-refractivity contribution in [2.24, 2.45) is 17.6 Å². The van der Waals surface area contributed by atoms with Crippen molar-refractivity contribution in [3.05, 3.63) is 24.3 Å². The molecule has 0 aromatic heterocycles. The van der Waals surface area contributed by atoms with Crippen LogP contribution in [0.3, 0.4) is 0 Å². The summed E-state index contributed by atoms with van der Waals surface area (Å²) >= 11 is 0. The molecular formula is C16H22ClN3O2. The van der Waals surface area contributed by atoms with Gasteiger partial charge in [-0.3, -0.25) is 9.59 Å². The molecule has 0 spiro atoms. The number of benzene rings is 1. The van der Waals surface area contributed by atoms with Gasteiger partial charge in [0, 0.05) is 29.3 Å². The van der Waals surface area contributed by atoms with Gasteiger partial charge in [-0.1, -0.05) is 6.07 Å². The summed E-state index contributed by atoms with van der Waals surface area (Å²) in [5, 5.41) is 5.80. The Morgan fingerprint density at radius 3 is 2.00 bits per heavy atom. The molecule has 2 amide bonds. The zero-order valence-electron chi connectivity index (χ0n) is 12.4. The fourth-order valence-corrected chi connectivity index (χ4v) is 2.76. The standard InChI is InChI=1S/C16H21N3O2.ClH/c17-12-7-6-11(8-12)16(21)19-14-3-1-2-13(9-14)18-15(20)10-4-5-10;/h1-3,9-12H,4-8,17H2,(H,18,20)(H,19,21);1H. The molecular weight excluding hydrogens is 302 g/mol. The molecule has 6 heteroatoms. The van der Waals surface area contributed by atoms with Crippen LogP contribution < -0.4 is 16.4 Å². The number of carbonyl (C=O) groups excluding carboxylic acids is 2. The second-order valence-corrected chi connectivity index (χ2v) is 6.10. The van der Waals surface area contributed by atoms with Crippen LogP contribution in [0.15, 0.2) is 24.3 Å². The maximum absolute atomic E-state index is 12.2. The van der Waals surface area contributed by atoms with E-state index in [0.717, 1.165) is 37.8 Å².